The second-order valence-electron chi connectivity index (χ2n) is 9.74. The fourth-order valence-corrected chi connectivity index (χ4v) is 7.64. The van der Waals surface area contributed by atoms with Crippen LogP contribution in [-0.2, 0) is 9.59 Å². The minimum absolute atomic E-state index is 0.0607. The summed E-state index contributed by atoms with van der Waals surface area (Å²) in [6, 6.07) is 0. The molecule has 0 saturated heterocycles. The second-order valence-corrected chi connectivity index (χ2v) is 9.74. The molecule has 0 aromatic heterocycles. The summed E-state index contributed by atoms with van der Waals surface area (Å²) in [7, 11) is 0. The van der Waals surface area contributed by atoms with Crippen LogP contribution in [0.2, 0.25) is 0 Å². The van der Waals surface area contributed by atoms with Gasteiger partial charge < -0.3 is 20.4 Å². The van der Waals surface area contributed by atoms with Crippen LogP contribution in [0.4, 0.5) is 0 Å². The van der Waals surface area contributed by atoms with E-state index in [4.69, 9.17) is 0 Å². The van der Waals surface area contributed by atoms with Gasteiger partial charge in [-0.15, -0.1) is 0 Å². The number of carbonyl (C=O) groups excluding carboxylic acids is 1. The number of ketones is 1. The van der Waals surface area contributed by atoms with E-state index in [2.05, 4.69) is 0 Å². The summed E-state index contributed by atoms with van der Waals surface area (Å²) < 4.78 is 0. The van der Waals surface area contributed by atoms with Crippen LogP contribution in [0.3, 0.4) is 0 Å². The maximum atomic E-state index is 13.3. The highest BCUT2D eigenvalue weighted by atomic mass is 16.4. The third-order valence-corrected chi connectivity index (χ3v) is 9.08. The van der Waals surface area contributed by atoms with E-state index in [9.17, 15) is 30.0 Å². The van der Waals surface area contributed by atoms with Gasteiger partial charge in [0, 0.05) is 11.3 Å². The van der Waals surface area contributed by atoms with Gasteiger partial charge in [0.25, 0.3) is 0 Å². The molecule has 0 heterocycles. The lowest BCUT2D eigenvalue weighted by Crippen LogP contribution is -2.68. The fourth-order valence-electron chi connectivity index (χ4n) is 7.64. The van der Waals surface area contributed by atoms with Crippen LogP contribution in [0.15, 0.2) is 0 Å². The number of fused-ring (bicyclic) bond motifs is 3. The second kappa shape index (κ2) is 5.52. The molecule has 2 bridgehead atoms. The highest BCUT2D eigenvalue weighted by Crippen LogP contribution is 2.71. The van der Waals surface area contributed by atoms with Gasteiger partial charge in [-0.25, -0.2) is 0 Å². The number of aliphatic hydroxyl groups excluding tert-OH is 3. The van der Waals surface area contributed by atoms with E-state index in [0.29, 0.717) is 25.7 Å². The first-order valence-corrected chi connectivity index (χ1v) is 9.88. The molecule has 0 amide bonds. The van der Waals surface area contributed by atoms with Crippen molar-refractivity contribution in [2.24, 2.45) is 39.9 Å². The molecule has 6 nitrogen and oxygen atoms in total. The van der Waals surface area contributed by atoms with Crippen LogP contribution in [0, 0.1) is 39.9 Å². The summed E-state index contributed by atoms with van der Waals surface area (Å²) in [4.78, 5) is 25.4. The fraction of sp³-hybridized carbons (Fsp3) is 0.900. The maximum absolute atomic E-state index is 13.3. The summed E-state index contributed by atoms with van der Waals surface area (Å²) >= 11 is 0. The molecule has 6 heteroatoms. The topological polar surface area (TPSA) is 115 Å². The zero-order chi connectivity index (χ0) is 19.1. The lowest BCUT2D eigenvalue weighted by Gasteiger charge is -2.65. The molecular weight excluding hydrogens is 336 g/mol. The summed E-state index contributed by atoms with van der Waals surface area (Å²) in [6.45, 7) is 3.48. The van der Waals surface area contributed by atoms with Gasteiger partial charge in [0.05, 0.1) is 29.6 Å². The Hall–Kier alpha value is -0.980. The highest BCUT2D eigenvalue weighted by Gasteiger charge is 2.73. The first-order valence-electron chi connectivity index (χ1n) is 9.88. The molecule has 0 radical (unpaired) electrons. The predicted octanol–water partition coefficient (Wildman–Crippen LogP) is 1.21. The van der Waals surface area contributed by atoms with Gasteiger partial charge in [0.2, 0.25) is 0 Å². The quantitative estimate of drug-likeness (QED) is 0.584. The van der Waals surface area contributed by atoms with Gasteiger partial charge in [-0.3, -0.25) is 9.59 Å². The van der Waals surface area contributed by atoms with E-state index in [0.717, 1.165) is 6.42 Å². The van der Waals surface area contributed by atoms with Crippen molar-refractivity contribution in [3.63, 3.8) is 0 Å². The number of carboxylic acids is 1. The Morgan fingerprint density at radius 3 is 2.42 bits per heavy atom. The van der Waals surface area contributed by atoms with Gasteiger partial charge in [-0.05, 0) is 63.2 Å². The number of carbonyl (C=O) groups is 2. The van der Waals surface area contributed by atoms with Crippen LogP contribution < -0.4 is 0 Å². The molecule has 0 aromatic carbocycles. The van der Waals surface area contributed by atoms with Crippen LogP contribution in [-0.4, -0.2) is 51.0 Å². The Morgan fingerprint density at radius 1 is 1.12 bits per heavy atom. The van der Waals surface area contributed by atoms with Crippen LogP contribution in [0.25, 0.3) is 0 Å². The van der Waals surface area contributed by atoms with Gasteiger partial charge in [-0.1, -0.05) is 6.92 Å². The van der Waals surface area contributed by atoms with Crippen molar-refractivity contribution in [3.8, 4) is 0 Å². The van der Waals surface area contributed by atoms with Crippen molar-refractivity contribution in [2.45, 2.75) is 64.6 Å². The van der Waals surface area contributed by atoms with Crippen LogP contribution in [0.5, 0.6) is 0 Å². The molecule has 4 aliphatic rings. The Balaban J connectivity index is 1.85. The third kappa shape index (κ3) is 1.88. The van der Waals surface area contributed by atoms with E-state index < -0.39 is 40.3 Å². The Labute approximate surface area is 153 Å². The van der Waals surface area contributed by atoms with Crippen LogP contribution in [0.1, 0.15) is 52.4 Å². The average Bonchev–Trinajstić information content (AvgIpc) is 2.81. The number of hydrogen-bond acceptors (Lipinski definition) is 5. The van der Waals surface area contributed by atoms with E-state index in [-0.39, 0.29) is 36.6 Å². The van der Waals surface area contributed by atoms with E-state index in [1.54, 1.807) is 6.92 Å². The lowest BCUT2D eigenvalue weighted by atomic mass is 9.39. The molecule has 1 unspecified atom stereocenters. The molecule has 0 aromatic rings. The Morgan fingerprint density at radius 2 is 1.81 bits per heavy atom. The van der Waals surface area contributed by atoms with E-state index in [1.165, 1.54) is 0 Å². The van der Waals surface area contributed by atoms with Crippen molar-refractivity contribution < 1.29 is 30.0 Å². The molecule has 0 aliphatic heterocycles. The molecule has 4 fully saturated rings. The molecule has 26 heavy (non-hydrogen) atoms. The van der Waals surface area contributed by atoms with E-state index in [1.807, 2.05) is 6.92 Å². The van der Waals surface area contributed by atoms with Gasteiger partial charge >= 0.3 is 5.97 Å². The SMILES string of the molecule is C[C@]12[C@@H]3CC[C@@H]4C[C@]3(C(=O)C4CO)[C@@H](O)C[C@@H]1[C@](C)(C(=O)O)CC[C@@H]2O. The van der Waals surface area contributed by atoms with Crippen LogP contribution >= 0.6 is 0 Å². The zero-order valence-corrected chi connectivity index (χ0v) is 15.5. The standard InChI is InChI=1S/C20H30O6/c1-18(17(25)26)6-5-14(22)19(2)12-4-3-10-8-20(12,15(23)7-13(18)19)16(24)11(10)9-21/h10-15,21-23H,3-9H2,1-2H3,(H,25,26)/t10-,11?,12+,13-,14+,15+,18-,19+,20-/m1/s1. The highest BCUT2D eigenvalue weighted by molar-refractivity contribution is 5.91. The van der Waals surface area contributed by atoms with E-state index >= 15 is 0 Å². The number of hydrogen-bond donors (Lipinski definition) is 4. The maximum Gasteiger partial charge on any atom is 0.309 e. The minimum Gasteiger partial charge on any atom is -0.481 e. The van der Waals surface area contributed by atoms with Crippen molar-refractivity contribution >= 4 is 11.8 Å². The number of rotatable bonds is 2. The number of carboxylic acid groups (broad SMARTS) is 1. The summed E-state index contributed by atoms with van der Waals surface area (Å²) in [6.07, 6.45) is 1.48. The normalized spacial score (nSPS) is 56.0. The molecular formula is C20H30O6. The molecule has 1 spiro atoms. The van der Waals surface area contributed by atoms with Gasteiger partial charge in [0.1, 0.15) is 5.78 Å². The molecule has 9 atom stereocenters. The number of Topliss-reactive ketones (excluding diaryl/α,β-unsaturated/α-hetero) is 1. The smallest absolute Gasteiger partial charge is 0.309 e. The zero-order valence-electron chi connectivity index (χ0n) is 15.5. The van der Waals surface area contributed by atoms with Crippen molar-refractivity contribution in [3.05, 3.63) is 0 Å². The first kappa shape index (κ1) is 18.4. The molecule has 4 aliphatic carbocycles. The monoisotopic (exact) mass is 366 g/mol. The van der Waals surface area contributed by atoms with Crippen molar-refractivity contribution in [1.29, 1.82) is 0 Å². The molecule has 146 valence electrons. The first-order chi connectivity index (χ1) is 12.1. The number of aliphatic hydroxyl groups is 3. The summed E-state index contributed by atoms with van der Waals surface area (Å²) in [5.74, 6) is -1.90. The lowest BCUT2D eigenvalue weighted by molar-refractivity contribution is -0.234. The minimum atomic E-state index is -1.01. The predicted molar refractivity (Wildman–Crippen MR) is 92.1 cm³/mol. The number of aliphatic carboxylic acids is 1. The Kier molecular flexibility index (Phi) is 3.90. The third-order valence-electron chi connectivity index (χ3n) is 9.08. The van der Waals surface area contributed by atoms with Crippen molar-refractivity contribution in [2.75, 3.05) is 6.61 Å². The summed E-state index contributed by atoms with van der Waals surface area (Å²) in [5, 5.41) is 41.8. The molecule has 4 saturated carbocycles. The van der Waals surface area contributed by atoms with Crippen molar-refractivity contribution in [1.82, 2.24) is 0 Å². The van der Waals surface area contributed by atoms with Gasteiger partial charge in [0.15, 0.2) is 0 Å². The molecule has 4 N–H and O–H groups in total. The summed E-state index contributed by atoms with van der Waals surface area (Å²) in [5.41, 5.74) is -2.65. The Bertz CT molecular complexity index is 648. The average molecular weight is 366 g/mol. The molecule has 4 rings (SSSR count). The largest absolute Gasteiger partial charge is 0.481 e. The van der Waals surface area contributed by atoms with Gasteiger partial charge in [-0.2, -0.15) is 0 Å².